The largest absolute Gasteiger partial charge is 0.445 e. The van der Waals surface area contributed by atoms with Crippen molar-refractivity contribution in [3.8, 4) is 0 Å². The lowest BCUT2D eigenvalue weighted by atomic mass is 9.81. The predicted molar refractivity (Wildman–Crippen MR) is 91.0 cm³/mol. The van der Waals surface area contributed by atoms with Crippen molar-refractivity contribution in [2.45, 2.75) is 82.2 Å². The third kappa shape index (κ3) is 6.82. The first kappa shape index (κ1) is 25.1. The van der Waals surface area contributed by atoms with Crippen LogP contribution in [0, 0.1) is 11.8 Å². The molecular formula is C17H27F5O5S. The van der Waals surface area contributed by atoms with Crippen LogP contribution in [0.25, 0.3) is 0 Å². The SMILES string of the molecule is CCC(CCC(=O)OC(C(F)(F)F)C(F)(F)S(=O)(=O)OC)CC1CCCCC1. The predicted octanol–water partition coefficient (Wildman–Crippen LogP) is 4.81. The first-order valence-electron chi connectivity index (χ1n) is 9.29. The second-order valence-electron chi connectivity index (χ2n) is 7.15. The van der Waals surface area contributed by atoms with Crippen LogP contribution < -0.4 is 0 Å². The molecule has 0 spiro atoms. The third-order valence-electron chi connectivity index (χ3n) is 5.13. The summed E-state index contributed by atoms with van der Waals surface area (Å²) >= 11 is 0. The minimum Gasteiger partial charge on any atom is -0.445 e. The fraction of sp³-hybridized carbons (Fsp3) is 0.941. The fourth-order valence-electron chi connectivity index (χ4n) is 3.46. The molecule has 2 atom stereocenters. The van der Waals surface area contributed by atoms with Crippen LogP contribution in [0.1, 0.15) is 64.7 Å². The van der Waals surface area contributed by atoms with Gasteiger partial charge in [0.2, 0.25) is 0 Å². The molecule has 28 heavy (non-hydrogen) atoms. The molecule has 0 aromatic rings. The lowest BCUT2D eigenvalue weighted by Gasteiger charge is -2.28. The van der Waals surface area contributed by atoms with E-state index in [-0.39, 0.29) is 12.3 Å². The van der Waals surface area contributed by atoms with Gasteiger partial charge in [-0.05, 0) is 24.7 Å². The molecule has 1 rings (SSSR count). The molecule has 0 aliphatic heterocycles. The Bertz CT molecular complexity index is 600. The van der Waals surface area contributed by atoms with Crippen molar-refractivity contribution in [3.63, 3.8) is 0 Å². The summed E-state index contributed by atoms with van der Waals surface area (Å²) in [5, 5.41) is -5.46. The van der Waals surface area contributed by atoms with Crippen molar-refractivity contribution >= 4 is 16.1 Å². The van der Waals surface area contributed by atoms with Crippen LogP contribution in [0.2, 0.25) is 0 Å². The molecule has 1 saturated carbocycles. The van der Waals surface area contributed by atoms with Gasteiger partial charge in [-0.3, -0.25) is 8.98 Å². The number of hydrogen-bond donors (Lipinski definition) is 0. The molecule has 0 aromatic heterocycles. The fourth-order valence-corrected chi connectivity index (χ4v) is 4.13. The summed E-state index contributed by atoms with van der Waals surface area (Å²) in [4.78, 5) is 11.8. The van der Waals surface area contributed by atoms with Crippen LogP contribution in [-0.4, -0.2) is 39.0 Å². The molecular weight excluding hydrogens is 411 g/mol. The number of rotatable bonds is 10. The van der Waals surface area contributed by atoms with E-state index in [9.17, 15) is 35.2 Å². The monoisotopic (exact) mass is 438 g/mol. The molecule has 0 bridgehead atoms. The Morgan fingerprint density at radius 1 is 1.11 bits per heavy atom. The van der Waals surface area contributed by atoms with Gasteiger partial charge in [0.15, 0.2) is 0 Å². The van der Waals surface area contributed by atoms with Crippen molar-refractivity contribution in [2.75, 3.05) is 7.11 Å². The van der Waals surface area contributed by atoms with E-state index in [0.717, 1.165) is 32.1 Å². The molecule has 0 aromatic carbocycles. The van der Waals surface area contributed by atoms with Crippen molar-refractivity contribution in [2.24, 2.45) is 11.8 Å². The molecule has 0 N–H and O–H groups in total. The van der Waals surface area contributed by atoms with Crippen molar-refractivity contribution in [1.29, 1.82) is 0 Å². The maximum absolute atomic E-state index is 13.8. The minimum absolute atomic E-state index is 0.0585. The first-order valence-corrected chi connectivity index (χ1v) is 10.7. The molecule has 0 saturated heterocycles. The summed E-state index contributed by atoms with van der Waals surface area (Å²) in [6.45, 7) is 1.89. The molecule has 2 unspecified atom stereocenters. The standard InChI is InChI=1S/C17H27F5O5S/c1-3-12(11-13-7-5-4-6-8-13)9-10-14(23)27-15(16(18,19)20)17(21,22)28(24,25)26-2/h12-13,15H,3-11H2,1-2H3. The zero-order valence-electron chi connectivity index (χ0n) is 15.9. The normalized spacial score (nSPS) is 19.2. The zero-order chi connectivity index (χ0) is 21.6. The zero-order valence-corrected chi connectivity index (χ0v) is 16.8. The quantitative estimate of drug-likeness (QED) is 0.278. The van der Waals surface area contributed by atoms with Crippen LogP contribution in [0.3, 0.4) is 0 Å². The van der Waals surface area contributed by atoms with Crippen molar-refractivity contribution < 1.29 is 44.1 Å². The van der Waals surface area contributed by atoms with Gasteiger partial charge in [0.1, 0.15) is 0 Å². The van der Waals surface area contributed by atoms with Gasteiger partial charge in [-0.15, -0.1) is 0 Å². The van der Waals surface area contributed by atoms with Gasteiger partial charge in [-0.1, -0.05) is 45.4 Å². The van der Waals surface area contributed by atoms with Gasteiger partial charge in [0.25, 0.3) is 6.10 Å². The van der Waals surface area contributed by atoms with Gasteiger partial charge in [-0.2, -0.15) is 30.4 Å². The number of carbonyl (C=O) groups is 1. The van der Waals surface area contributed by atoms with Crippen molar-refractivity contribution in [1.82, 2.24) is 0 Å². The lowest BCUT2D eigenvalue weighted by Crippen LogP contribution is -2.52. The maximum Gasteiger partial charge on any atom is 0.432 e. The summed E-state index contributed by atoms with van der Waals surface area (Å²) in [7, 11) is -5.61. The molecule has 166 valence electrons. The van der Waals surface area contributed by atoms with Crippen molar-refractivity contribution in [3.05, 3.63) is 0 Å². The number of hydrogen-bond acceptors (Lipinski definition) is 5. The molecule has 0 radical (unpaired) electrons. The smallest absolute Gasteiger partial charge is 0.432 e. The second-order valence-corrected chi connectivity index (χ2v) is 8.93. The highest BCUT2D eigenvalue weighted by atomic mass is 32.2. The van der Waals surface area contributed by atoms with E-state index in [0.29, 0.717) is 19.4 Å². The average Bonchev–Trinajstić information content (AvgIpc) is 2.62. The lowest BCUT2D eigenvalue weighted by molar-refractivity contribution is -0.259. The summed E-state index contributed by atoms with van der Waals surface area (Å²) in [5.74, 6) is -0.965. The summed E-state index contributed by atoms with van der Waals surface area (Å²) in [6, 6.07) is 0. The molecule has 1 fully saturated rings. The van der Waals surface area contributed by atoms with Crippen LogP contribution in [0.4, 0.5) is 22.0 Å². The van der Waals surface area contributed by atoms with E-state index in [2.05, 4.69) is 8.92 Å². The van der Waals surface area contributed by atoms with Gasteiger partial charge in [0.05, 0.1) is 7.11 Å². The Balaban J connectivity index is 2.72. The number of alkyl halides is 5. The Hall–Kier alpha value is -0.970. The van der Waals surface area contributed by atoms with Gasteiger partial charge in [0, 0.05) is 6.42 Å². The van der Waals surface area contributed by atoms with Gasteiger partial charge >= 0.3 is 27.5 Å². The number of halogens is 5. The van der Waals surface area contributed by atoms with Gasteiger partial charge < -0.3 is 4.74 Å². The Labute approximate surface area is 162 Å². The summed E-state index contributed by atoms with van der Waals surface area (Å²) < 4.78 is 96.1. The van der Waals surface area contributed by atoms with Gasteiger partial charge in [-0.25, -0.2) is 0 Å². The highest BCUT2D eigenvalue weighted by Crippen LogP contribution is 2.39. The second kappa shape index (κ2) is 10.2. The molecule has 0 amide bonds. The van der Waals surface area contributed by atoms with E-state index in [1.165, 1.54) is 6.42 Å². The summed E-state index contributed by atoms with van der Waals surface area (Å²) in [6.07, 6.45) is -3.14. The molecule has 1 aliphatic rings. The third-order valence-corrected chi connectivity index (χ3v) is 6.45. The molecule has 5 nitrogen and oxygen atoms in total. The van der Waals surface area contributed by atoms with Crippen LogP contribution in [0.15, 0.2) is 0 Å². The van der Waals surface area contributed by atoms with Crippen LogP contribution in [-0.2, 0) is 23.8 Å². The highest BCUT2D eigenvalue weighted by Gasteiger charge is 2.66. The number of carbonyl (C=O) groups excluding carboxylic acids is 1. The molecule has 0 heterocycles. The Morgan fingerprint density at radius 2 is 1.68 bits per heavy atom. The maximum atomic E-state index is 13.8. The first-order chi connectivity index (χ1) is 12.8. The Kier molecular flexibility index (Phi) is 9.11. The number of esters is 1. The van der Waals surface area contributed by atoms with Crippen LogP contribution >= 0.6 is 0 Å². The summed E-state index contributed by atoms with van der Waals surface area (Å²) in [5.41, 5.74) is 0. The molecule has 1 aliphatic carbocycles. The average molecular weight is 438 g/mol. The highest BCUT2D eigenvalue weighted by molar-refractivity contribution is 7.87. The molecule has 11 heteroatoms. The van der Waals surface area contributed by atoms with E-state index in [4.69, 9.17) is 0 Å². The Morgan fingerprint density at radius 3 is 2.14 bits per heavy atom. The van der Waals surface area contributed by atoms with E-state index in [1.54, 1.807) is 0 Å². The minimum atomic E-state index is -5.91. The van der Waals surface area contributed by atoms with Crippen LogP contribution in [0.5, 0.6) is 0 Å². The van der Waals surface area contributed by atoms with E-state index < -0.39 is 40.0 Å². The number of ether oxygens (including phenoxy) is 1. The van der Waals surface area contributed by atoms with E-state index >= 15 is 0 Å². The topological polar surface area (TPSA) is 69.7 Å². The van der Waals surface area contributed by atoms with E-state index in [1.807, 2.05) is 6.92 Å².